The molecule has 28 heavy (non-hydrogen) atoms. The van der Waals surface area contributed by atoms with Crippen molar-refractivity contribution in [2.24, 2.45) is 5.10 Å². The number of methoxy groups -OCH3 is 3. The van der Waals surface area contributed by atoms with E-state index in [0.29, 0.717) is 34.1 Å². The van der Waals surface area contributed by atoms with Crippen LogP contribution in [0.3, 0.4) is 0 Å². The van der Waals surface area contributed by atoms with Gasteiger partial charge in [0.1, 0.15) is 0 Å². The number of nitro benzene ring substituents is 1. The maximum atomic E-state index is 12.5. The molecule has 0 spiro atoms. The van der Waals surface area contributed by atoms with E-state index in [0.717, 1.165) is 0 Å². The summed E-state index contributed by atoms with van der Waals surface area (Å²) < 4.78 is 15.7. The highest BCUT2D eigenvalue weighted by molar-refractivity contribution is 6.01. The summed E-state index contributed by atoms with van der Waals surface area (Å²) in [5.41, 5.74) is 4.16. The Morgan fingerprint density at radius 3 is 2.14 bits per heavy atom. The van der Waals surface area contributed by atoms with Gasteiger partial charge in [-0.2, -0.15) is 5.10 Å². The Bertz CT molecular complexity index is 914. The molecule has 9 nitrogen and oxygen atoms in total. The molecule has 0 radical (unpaired) electrons. The summed E-state index contributed by atoms with van der Waals surface area (Å²) in [6.45, 7) is 3.30. The van der Waals surface area contributed by atoms with E-state index >= 15 is 0 Å². The summed E-state index contributed by atoms with van der Waals surface area (Å²) in [5.74, 6) is 0.539. The summed E-state index contributed by atoms with van der Waals surface area (Å²) in [4.78, 5) is 23.1. The standard InChI is InChI=1S/C19H21N3O6/c1-11-6-7-13(8-15(11)22(24)25)12(2)20-21-19(23)14-9-16(26-3)18(28-5)17(10-14)27-4/h6-10H,1-5H3,(H,21,23)/b20-12+. The van der Waals surface area contributed by atoms with Crippen molar-refractivity contribution in [2.45, 2.75) is 13.8 Å². The molecule has 9 heteroatoms. The van der Waals surface area contributed by atoms with E-state index in [1.54, 1.807) is 26.0 Å². The fraction of sp³-hybridized carbons (Fsp3) is 0.263. The average Bonchev–Trinajstić information content (AvgIpc) is 2.70. The smallest absolute Gasteiger partial charge is 0.272 e. The van der Waals surface area contributed by atoms with E-state index in [2.05, 4.69) is 10.5 Å². The van der Waals surface area contributed by atoms with Gasteiger partial charge in [-0.3, -0.25) is 14.9 Å². The molecule has 148 valence electrons. The third-order valence-corrected chi connectivity index (χ3v) is 4.08. The number of nitrogens with zero attached hydrogens (tertiary/aromatic N) is 2. The Morgan fingerprint density at radius 1 is 1.04 bits per heavy atom. The van der Waals surface area contributed by atoms with Gasteiger partial charge in [0.05, 0.1) is 32.0 Å². The largest absolute Gasteiger partial charge is 0.493 e. The lowest BCUT2D eigenvalue weighted by molar-refractivity contribution is -0.385. The van der Waals surface area contributed by atoms with Crippen molar-refractivity contribution in [1.82, 2.24) is 5.43 Å². The van der Waals surface area contributed by atoms with Crippen LogP contribution in [0.4, 0.5) is 5.69 Å². The van der Waals surface area contributed by atoms with Gasteiger partial charge in [0.2, 0.25) is 5.75 Å². The number of nitro groups is 1. The van der Waals surface area contributed by atoms with Crippen molar-refractivity contribution in [3.63, 3.8) is 0 Å². The van der Waals surface area contributed by atoms with Crippen molar-refractivity contribution in [2.75, 3.05) is 21.3 Å². The molecule has 1 N–H and O–H groups in total. The van der Waals surface area contributed by atoms with Crippen LogP contribution in [0, 0.1) is 17.0 Å². The summed E-state index contributed by atoms with van der Waals surface area (Å²) in [7, 11) is 4.37. The van der Waals surface area contributed by atoms with Crippen LogP contribution in [0.2, 0.25) is 0 Å². The molecule has 0 fully saturated rings. The minimum atomic E-state index is -0.500. The van der Waals surface area contributed by atoms with Crippen molar-refractivity contribution in [1.29, 1.82) is 0 Å². The first-order valence-corrected chi connectivity index (χ1v) is 8.22. The van der Waals surface area contributed by atoms with Gasteiger partial charge in [-0.15, -0.1) is 0 Å². The maximum absolute atomic E-state index is 12.5. The minimum absolute atomic E-state index is 0.0111. The second kappa shape index (κ2) is 8.85. The Balaban J connectivity index is 2.28. The van der Waals surface area contributed by atoms with Crippen LogP contribution in [0.5, 0.6) is 17.2 Å². The first-order valence-electron chi connectivity index (χ1n) is 8.22. The molecule has 2 rings (SSSR count). The molecular weight excluding hydrogens is 366 g/mol. The van der Waals surface area contributed by atoms with Crippen LogP contribution in [0.15, 0.2) is 35.4 Å². The molecule has 0 aliphatic heterocycles. The second-order valence-electron chi connectivity index (χ2n) is 5.81. The van der Waals surface area contributed by atoms with Crippen LogP contribution in [-0.2, 0) is 0 Å². The molecule has 0 aromatic heterocycles. The number of carbonyl (C=O) groups is 1. The van der Waals surface area contributed by atoms with Gasteiger partial charge in [-0.25, -0.2) is 5.43 Å². The molecule has 0 saturated carbocycles. The van der Waals surface area contributed by atoms with Gasteiger partial charge in [0, 0.05) is 22.8 Å². The molecule has 2 aromatic rings. The van der Waals surface area contributed by atoms with Crippen LogP contribution >= 0.6 is 0 Å². The number of hydrogen-bond acceptors (Lipinski definition) is 7. The minimum Gasteiger partial charge on any atom is -0.493 e. The van der Waals surface area contributed by atoms with E-state index in [1.807, 2.05) is 0 Å². The number of benzene rings is 2. The van der Waals surface area contributed by atoms with E-state index in [9.17, 15) is 14.9 Å². The van der Waals surface area contributed by atoms with Gasteiger partial charge in [-0.05, 0) is 26.0 Å². The van der Waals surface area contributed by atoms with E-state index < -0.39 is 10.8 Å². The van der Waals surface area contributed by atoms with Gasteiger partial charge >= 0.3 is 0 Å². The van der Waals surface area contributed by atoms with Crippen molar-refractivity contribution < 1.29 is 23.9 Å². The SMILES string of the molecule is COc1cc(C(=O)N/N=C(\C)c2ccc(C)c([N+](=O)[O-])c2)cc(OC)c1OC. The lowest BCUT2D eigenvalue weighted by atomic mass is 10.1. The molecule has 0 bridgehead atoms. The molecule has 1 amide bonds. The predicted molar refractivity (Wildman–Crippen MR) is 104 cm³/mol. The number of amides is 1. The molecule has 0 unspecified atom stereocenters. The Labute approximate surface area is 162 Å². The molecule has 0 saturated heterocycles. The van der Waals surface area contributed by atoms with Crippen molar-refractivity contribution >= 4 is 17.3 Å². The fourth-order valence-corrected chi connectivity index (χ4v) is 2.51. The summed E-state index contributed by atoms with van der Waals surface area (Å²) in [6, 6.07) is 7.75. The highest BCUT2D eigenvalue weighted by atomic mass is 16.6. The number of ether oxygens (including phenoxy) is 3. The number of carbonyl (C=O) groups excluding carboxylic acids is 1. The highest BCUT2D eigenvalue weighted by Gasteiger charge is 2.17. The summed E-state index contributed by atoms with van der Waals surface area (Å²) in [6.07, 6.45) is 0. The number of hydrazone groups is 1. The number of hydrogen-bond donors (Lipinski definition) is 1. The van der Waals surface area contributed by atoms with Crippen LogP contribution in [0.25, 0.3) is 0 Å². The summed E-state index contributed by atoms with van der Waals surface area (Å²) >= 11 is 0. The quantitative estimate of drug-likeness (QED) is 0.444. The Kier molecular flexibility index (Phi) is 6.54. The Hall–Kier alpha value is -3.62. The van der Waals surface area contributed by atoms with Crippen LogP contribution in [-0.4, -0.2) is 37.9 Å². The zero-order chi connectivity index (χ0) is 20.8. The highest BCUT2D eigenvalue weighted by Crippen LogP contribution is 2.38. The first-order chi connectivity index (χ1) is 13.3. The molecule has 0 aliphatic carbocycles. The summed E-state index contributed by atoms with van der Waals surface area (Å²) in [5, 5.41) is 15.1. The number of nitrogens with one attached hydrogen (secondary N) is 1. The van der Waals surface area contributed by atoms with Gasteiger partial charge in [-0.1, -0.05) is 12.1 Å². The molecule has 0 aliphatic rings. The second-order valence-corrected chi connectivity index (χ2v) is 5.81. The van der Waals surface area contributed by atoms with Crippen LogP contribution in [0.1, 0.15) is 28.4 Å². The number of aryl methyl sites for hydroxylation is 1. The van der Waals surface area contributed by atoms with Crippen molar-refractivity contribution in [3.8, 4) is 17.2 Å². The fourth-order valence-electron chi connectivity index (χ4n) is 2.51. The van der Waals surface area contributed by atoms with Gasteiger partial charge < -0.3 is 14.2 Å². The third kappa shape index (κ3) is 4.37. The maximum Gasteiger partial charge on any atom is 0.272 e. The molecular formula is C19H21N3O6. The first kappa shape index (κ1) is 20.7. The van der Waals surface area contributed by atoms with Gasteiger partial charge in [0.25, 0.3) is 11.6 Å². The zero-order valence-corrected chi connectivity index (χ0v) is 16.2. The third-order valence-electron chi connectivity index (χ3n) is 4.08. The number of rotatable bonds is 7. The predicted octanol–water partition coefficient (Wildman–Crippen LogP) is 3.08. The van der Waals surface area contributed by atoms with Crippen molar-refractivity contribution in [3.05, 3.63) is 57.1 Å². The normalized spacial score (nSPS) is 11.0. The Morgan fingerprint density at radius 2 is 1.64 bits per heavy atom. The topological polar surface area (TPSA) is 112 Å². The van der Waals surface area contributed by atoms with E-state index in [4.69, 9.17) is 14.2 Å². The van der Waals surface area contributed by atoms with Gasteiger partial charge in [0.15, 0.2) is 11.5 Å². The van der Waals surface area contributed by atoms with Crippen LogP contribution < -0.4 is 19.6 Å². The molecule has 0 heterocycles. The molecule has 0 atom stereocenters. The lowest BCUT2D eigenvalue weighted by Gasteiger charge is -2.13. The van der Waals surface area contributed by atoms with E-state index in [1.165, 1.54) is 39.5 Å². The lowest BCUT2D eigenvalue weighted by Crippen LogP contribution is -2.19. The van der Waals surface area contributed by atoms with E-state index in [-0.39, 0.29) is 11.3 Å². The zero-order valence-electron chi connectivity index (χ0n) is 16.2. The monoisotopic (exact) mass is 387 g/mol. The average molecular weight is 387 g/mol. The molecule has 2 aromatic carbocycles.